The molecule has 108 heavy (non-hydrogen) atoms. The van der Waals surface area contributed by atoms with Crippen LogP contribution in [0.3, 0.4) is 0 Å². The van der Waals surface area contributed by atoms with Gasteiger partial charge in [0.05, 0.1) is 47.2 Å². The number of aliphatic hydroxyl groups is 3. The van der Waals surface area contributed by atoms with Crippen LogP contribution in [0.25, 0.3) is 15.8 Å². The zero-order valence-electron chi connectivity index (χ0n) is 61.7. The number of nitrogens with zero attached hydrogens (tertiary/aromatic N) is 6. The molecule has 3 unspecified atom stereocenters. The van der Waals surface area contributed by atoms with Crippen molar-refractivity contribution in [3.63, 3.8) is 0 Å². The number of rotatable bonds is 37. The molecule has 13 N–H and O–H groups in total. The molecular weight excluding hydrogens is 1410 g/mol. The lowest BCUT2D eigenvalue weighted by molar-refractivity contribution is -0.242. The quantitative estimate of drug-likeness (QED) is 0.00813. The summed E-state index contributed by atoms with van der Waals surface area (Å²) in [6.45, 7) is 10.4. The first kappa shape index (κ1) is 80.5. The van der Waals surface area contributed by atoms with E-state index in [0.717, 1.165) is 58.3 Å². The number of unbranched alkanes of at least 4 members (excludes halogenated alkanes) is 2. The second kappa shape index (κ2) is 35.4. The highest BCUT2D eigenvalue weighted by molar-refractivity contribution is 7.22. The van der Waals surface area contributed by atoms with E-state index in [1.54, 1.807) is 56.3 Å². The van der Waals surface area contributed by atoms with E-state index in [-0.39, 0.29) is 105 Å². The van der Waals surface area contributed by atoms with Gasteiger partial charge < -0.3 is 77.2 Å². The summed E-state index contributed by atoms with van der Waals surface area (Å²) in [6, 6.07) is 20.2. The molecule has 11 rings (SSSR count). The number of pyridine rings is 1. The maximum Gasteiger partial charge on any atom is 0.410 e. The Bertz CT molecular complexity index is 4210. The third-order valence-corrected chi connectivity index (χ3v) is 22.1. The third-order valence-electron chi connectivity index (χ3n) is 21.2. The van der Waals surface area contributed by atoms with Crippen molar-refractivity contribution < 1.29 is 77.8 Å². The average Bonchev–Trinajstić information content (AvgIpc) is 0.706. The number of hydrogen-bond acceptors (Lipinski definition) is 21. The minimum atomic E-state index is -1.63. The fourth-order valence-corrected chi connectivity index (χ4v) is 17.9. The molecule has 6 aliphatic rings. The van der Waals surface area contributed by atoms with E-state index in [0.29, 0.717) is 103 Å². The number of primary amides is 1. The summed E-state index contributed by atoms with van der Waals surface area (Å²) in [6.07, 6.45) is 7.29. The maximum atomic E-state index is 14.2. The number of fused-ring (bicyclic) bond motifs is 2. The van der Waals surface area contributed by atoms with Gasteiger partial charge in [0.2, 0.25) is 17.7 Å². The van der Waals surface area contributed by atoms with Crippen LogP contribution in [-0.2, 0) is 57.8 Å². The van der Waals surface area contributed by atoms with Gasteiger partial charge in [-0.15, -0.1) is 0 Å². The largest absolute Gasteiger partial charge is 0.476 e. The highest BCUT2D eigenvalue weighted by Gasteiger charge is 2.66. The van der Waals surface area contributed by atoms with Crippen molar-refractivity contribution in [3.05, 3.63) is 131 Å². The zero-order valence-corrected chi connectivity index (χ0v) is 62.5. The smallest absolute Gasteiger partial charge is 0.410 e. The molecule has 0 spiro atoms. The molecule has 3 aromatic carbocycles. The van der Waals surface area contributed by atoms with E-state index in [4.69, 9.17) is 30.9 Å². The summed E-state index contributed by atoms with van der Waals surface area (Å²) in [4.78, 5) is 148. The van der Waals surface area contributed by atoms with Gasteiger partial charge in [-0.25, -0.2) is 24.4 Å². The number of carbonyl (C=O) groups is 10. The molecule has 4 bridgehead atoms. The van der Waals surface area contributed by atoms with Gasteiger partial charge in [0.25, 0.3) is 17.7 Å². The first-order chi connectivity index (χ1) is 51.5. The van der Waals surface area contributed by atoms with E-state index < -0.39 is 84.2 Å². The van der Waals surface area contributed by atoms with Crippen LogP contribution in [0.15, 0.2) is 102 Å². The van der Waals surface area contributed by atoms with Crippen molar-refractivity contribution in [2.24, 2.45) is 44.5 Å². The number of nitrogens with one attached hydrogen (secondary N) is 5. The number of carboxylic acid groups (broad SMARTS) is 1. The first-order valence-corrected chi connectivity index (χ1v) is 37.6. The molecule has 30 heteroatoms. The van der Waals surface area contributed by atoms with Gasteiger partial charge >= 0.3 is 18.1 Å². The first-order valence-electron chi connectivity index (χ1n) is 36.8. The summed E-state index contributed by atoms with van der Waals surface area (Å²) in [5.41, 5.74) is 15.4. The molecule has 5 aromatic rings. The number of carboxylic acids is 1. The zero-order chi connectivity index (χ0) is 77.7. The molecule has 29 nitrogen and oxygen atoms in total. The van der Waals surface area contributed by atoms with Crippen LogP contribution in [0.4, 0.5) is 26.2 Å². The number of anilines is 3. The van der Waals surface area contributed by atoms with Gasteiger partial charge in [-0.2, -0.15) is 0 Å². The highest BCUT2D eigenvalue weighted by atomic mass is 32.1. The standard InChI is InChI=1S/C78H99N13O16S/c1-47(2)65(87-62(95)18-7-6-10-30-91-63(96)25-26-64(91)97)70(101)84-58(16-12-29-81-72(80)104)69(100)83-52-21-19-49(20-22-52)39-106-74(105)89(32-28-59(94)67(98)51(37-92)38-93)33-34-107-78-43-75(4)40-76(5,44-78)42-77(41-75,45-78)46-82-48(3)55(35-79)53-23-24-61(86-66(53)71(102)103)90-31-27-50-13-11-14-54(56(50)36-90)68(99)88-73-85-57-15-8-9-17-60(57)108-73/h8-9,11,13-15,17,19-26,35,37,47,51,58-59,65,67,93-94,98H,6-7,10,12,16,18,27-34,36,38-46,79H2,1-5H3,(H,83,100)(H,84,101)(H,87,95)(H,102,103)(H3,80,81,104)(H,85,88,99)/t51?,58-,59-,65-,67-,75?,76?,77?,78?/m1/s1. The van der Waals surface area contributed by atoms with Crippen LogP contribution < -0.4 is 43.0 Å². The Labute approximate surface area is 630 Å². The number of benzene rings is 3. The summed E-state index contributed by atoms with van der Waals surface area (Å²) < 4.78 is 13.9. The lowest BCUT2D eigenvalue weighted by atomic mass is 9.39. The number of thiazole rings is 1. The Kier molecular flexibility index (Phi) is 26.4. The minimum absolute atomic E-state index is 0.00467. The number of aromatic nitrogens is 2. The monoisotopic (exact) mass is 1510 g/mol. The Morgan fingerprint density at radius 2 is 1.55 bits per heavy atom. The Morgan fingerprint density at radius 3 is 2.22 bits per heavy atom. The van der Waals surface area contributed by atoms with Crippen LogP contribution in [0, 0.1) is 28.1 Å². The van der Waals surface area contributed by atoms with Crippen LogP contribution in [-0.4, -0.2) is 188 Å². The Morgan fingerprint density at radius 1 is 0.815 bits per heavy atom. The van der Waals surface area contributed by atoms with Crippen LogP contribution in [0.5, 0.6) is 0 Å². The highest BCUT2D eigenvalue weighted by Crippen LogP contribution is 2.71. The van der Waals surface area contributed by atoms with Crippen molar-refractivity contribution >= 4 is 109 Å². The molecule has 2 aliphatic heterocycles. The van der Waals surface area contributed by atoms with Gasteiger partial charge in [-0.3, -0.25) is 44.0 Å². The minimum Gasteiger partial charge on any atom is -0.476 e. The third kappa shape index (κ3) is 20.0. The van der Waals surface area contributed by atoms with E-state index in [2.05, 4.69) is 45.4 Å². The number of ether oxygens (including phenoxy) is 2. The summed E-state index contributed by atoms with van der Waals surface area (Å²) in [5, 5.41) is 56.6. The number of urea groups is 1. The molecule has 4 heterocycles. The molecule has 4 fully saturated rings. The second-order valence-corrected chi connectivity index (χ2v) is 31.5. The predicted molar refractivity (Wildman–Crippen MR) is 405 cm³/mol. The molecule has 0 saturated heterocycles. The molecule has 4 aliphatic carbocycles. The SMILES string of the molecule is CC(=NCC12CC3(C)CC(C)(C1)CC(OCCN(CC[C@@H](O)[C@H](O)C(C=O)CO)C(=O)OCc1ccc(NC(=O)[C@@H](CCCNC(N)=O)NC(=O)[C@H](NC(=O)CCCCCN4C(=O)C=CC4=O)C(C)C)cc1)(C3)C2)C(=CN)c1ccc(N2CCc3cccc(C(=O)Nc4nc5ccccc5s4)c3C2)nc1C(=O)O. The number of aliphatic imine (C=N–C) groups is 1. The van der Waals surface area contributed by atoms with Gasteiger partial charge in [0.1, 0.15) is 30.8 Å². The lowest BCUT2D eigenvalue weighted by Gasteiger charge is -2.69. The van der Waals surface area contributed by atoms with Crippen molar-refractivity contribution in [1.29, 1.82) is 0 Å². The Hall–Kier alpha value is -10.0. The number of imide groups is 1. The van der Waals surface area contributed by atoms with Crippen LogP contribution >= 0.6 is 11.3 Å². The van der Waals surface area contributed by atoms with Crippen LogP contribution in [0.1, 0.15) is 161 Å². The van der Waals surface area contributed by atoms with Crippen molar-refractivity contribution in [2.75, 3.05) is 68.0 Å². The van der Waals surface area contributed by atoms with Gasteiger partial charge in [0, 0.05) is 98.7 Å². The molecule has 0 radical (unpaired) electrons. The number of aliphatic hydroxyl groups excluding tert-OH is 3. The lowest BCUT2D eigenvalue weighted by Crippen LogP contribution is -2.64. The van der Waals surface area contributed by atoms with Gasteiger partial charge in [0.15, 0.2) is 10.8 Å². The van der Waals surface area contributed by atoms with Gasteiger partial charge in [-0.1, -0.05) is 81.9 Å². The molecule has 2 aromatic heterocycles. The van der Waals surface area contributed by atoms with E-state index in [1.807, 2.05) is 48.2 Å². The molecular formula is C78H99N13O16S. The van der Waals surface area contributed by atoms with Crippen molar-refractivity contribution in [1.82, 2.24) is 35.7 Å². The summed E-state index contributed by atoms with van der Waals surface area (Å²) in [7, 11) is 0. The topological polar surface area (TPSA) is 430 Å². The van der Waals surface area contributed by atoms with E-state index >= 15 is 0 Å². The van der Waals surface area contributed by atoms with Gasteiger partial charge in [-0.05, 0) is 165 Å². The molecule has 4 saturated carbocycles. The van der Waals surface area contributed by atoms with E-state index in [9.17, 15) is 68.4 Å². The number of carbonyl (C=O) groups excluding carboxylic acids is 9. The molecule has 578 valence electrons. The second-order valence-electron chi connectivity index (χ2n) is 30.4. The van der Waals surface area contributed by atoms with Crippen molar-refractivity contribution in [2.45, 2.75) is 168 Å². The Balaban J connectivity index is 0.766. The number of hydrogen-bond donors (Lipinski definition) is 11. The number of para-hydroxylation sites is 1. The predicted octanol–water partition coefficient (Wildman–Crippen LogP) is 7.16. The number of aromatic carboxylic acids is 1. The van der Waals surface area contributed by atoms with Crippen molar-refractivity contribution in [3.8, 4) is 0 Å². The fraction of sp³-hybridized carbons (Fsp3) is 0.500. The number of amides is 9. The fourth-order valence-electron chi connectivity index (χ4n) is 17.0. The number of aldehydes is 1. The average molecular weight is 1510 g/mol. The molecule has 9 amide bonds. The van der Waals surface area contributed by atoms with E-state index in [1.165, 1.54) is 34.6 Å². The normalized spacial score (nSPS) is 21.6. The van der Waals surface area contributed by atoms with Crippen LogP contribution in [0.2, 0.25) is 0 Å². The maximum absolute atomic E-state index is 14.2. The number of nitrogens with two attached hydrogens (primary N) is 2. The number of allylic oxidation sites excluding steroid dienone is 1. The summed E-state index contributed by atoms with van der Waals surface area (Å²) >= 11 is 1.39. The molecule has 7 atom stereocenters. The summed E-state index contributed by atoms with van der Waals surface area (Å²) in [5.74, 6) is -5.17.